The second-order valence-electron chi connectivity index (χ2n) is 9.25. The van der Waals surface area contributed by atoms with Gasteiger partial charge in [-0.3, -0.25) is 9.59 Å². The van der Waals surface area contributed by atoms with Crippen LogP contribution in [0.4, 0.5) is 42.1 Å². The summed E-state index contributed by atoms with van der Waals surface area (Å²) in [5.74, 6) is -7.95. The first-order chi connectivity index (χ1) is 19.0. The van der Waals surface area contributed by atoms with E-state index in [2.05, 4.69) is 17.2 Å². The normalized spacial score (nSPS) is 13.3. The van der Waals surface area contributed by atoms with Gasteiger partial charge in [-0.1, -0.05) is 49.4 Å². The van der Waals surface area contributed by atoms with Gasteiger partial charge in [0.2, 0.25) is 0 Å². The number of halogens is 8. The first kappa shape index (κ1) is 31.7. The van der Waals surface area contributed by atoms with Gasteiger partial charge in [-0.2, -0.15) is 22.0 Å². The zero-order valence-corrected chi connectivity index (χ0v) is 22.7. The fourth-order valence-corrected chi connectivity index (χ4v) is 4.38. The van der Waals surface area contributed by atoms with Crippen molar-refractivity contribution in [3.05, 3.63) is 105 Å². The quantitative estimate of drug-likeness (QED) is 0.201. The monoisotopic (exact) mass is 600 g/mol. The van der Waals surface area contributed by atoms with Gasteiger partial charge >= 0.3 is 12.1 Å². The molecule has 0 spiro atoms. The number of carbonyl (C=O) groups is 2. The molecule has 0 saturated carbocycles. The van der Waals surface area contributed by atoms with Gasteiger partial charge in [-0.05, 0) is 67.3 Å². The van der Waals surface area contributed by atoms with Crippen LogP contribution in [0.1, 0.15) is 51.3 Å². The lowest BCUT2D eigenvalue weighted by molar-refractivity contribution is -0.298. The Balaban J connectivity index is 2.00. The average Bonchev–Trinajstić information content (AvgIpc) is 2.89. The lowest BCUT2D eigenvalue weighted by Gasteiger charge is -2.36. The minimum absolute atomic E-state index is 0.0479. The number of nitrogens with one attached hydrogen (secondary N) is 2. The van der Waals surface area contributed by atoms with Crippen molar-refractivity contribution in [2.24, 2.45) is 0 Å². The van der Waals surface area contributed by atoms with E-state index in [1.54, 1.807) is 12.1 Å². The zero-order valence-electron chi connectivity index (χ0n) is 22.0. The summed E-state index contributed by atoms with van der Waals surface area (Å²) in [6.07, 6.45) is -6.12. The fourth-order valence-electron chi connectivity index (χ4n) is 4.15. The van der Waals surface area contributed by atoms with Gasteiger partial charge in [-0.15, -0.1) is 0 Å². The Kier molecular flexibility index (Phi) is 8.93. The van der Waals surface area contributed by atoms with Crippen LogP contribution in [0.2, 0.25) is 5.02 Å². The average molecular weight is 601 g/mol. The molecule has 0 aliphatic heterocycles. The molecule has 3 aromatic rings. The molecule has 2 N–H and O–H groups in total. The first-order valence-electron chi connectivity index (χ1n) is 12.1. The van der Waals surface area contributed by atoms with Crippen LogP contribution in [0.3, 0.4) is 0 Å². The van der Waals surface area contributed by atoms with Crippen molar-refractivity contribution in [2.75, 3.05) is 10.6 Å². The molecule has 0 aromatic heterocycles. The SMILES string of the molecule is C=C(C)C(F)(F)C(F)(c1cc(C)c(NC(=O)c2cccc(NC(=O)c3ccccc3Cl)c2F)c(CC)c1)C(F)(F)F. The van der Waals surface area contributed by atoms with Crippen molar-refractivity contribution in [3.63, 3.8) is 0 Å². The van der Waals surface area contributed by atoms with Gasteiger partial charge in [0.25, 0.3) is 17.5 Å². The van der Waals surface area contributed by atoms with E-state index in [1.807, 2.05) is 0 Å². The highest BCUT2D eigenvalue weighted by Crippen LogP contribution is 2.55. The van der Waals surface area contributed by atoms with Gasteiger partial charge in [0.1, 0.15) is 0 Å². The summed E-state index contributed by atoms with van der Waals surface area (Å²) in [6, 6.07) is 10.7. The second kappa shape index (κ2) is 11.6. The Bertz CT molecular complexity index is 1520. The first-order valence-corrected chi connectivity index (χ1v) is 12.4. The summed E-state index contributed by atoms with van der Waals surface area (Å²) in [6.45, 7) is 6.05. The van der Waals surface area contributed by atoms with E-state index in [0.29, 0.717) is 19.1 Å². The predicted molar refractivity (Wildman–Crippen MR) is 143 cm³/mol. The summed E-state index contributed by atoms with van der Waals surface area (Å²) in [5, 5.41) is 4.79. The standard InChI is InChI=1S/C29H24ClF7N2O2/c1-5-17-14-18(27(32,29(35,36)37)28(33,34)15(2)3)13-16(4)24(17)39-26(41)20-10-8-12-22(23(20)31)38-25(40)19-9-6-7-11-21(19)30/h6-14H,2,5H2,1,3-4H3,(H,38,40)(H,39,41). The highest BCUT2D eigenvalue weighted by Gasteiger charge is 2.72. The van der Waals surface area contributed by atoms with E-state index in [-0.39, 0.29) is 39.5 Å². The van der Waals surface area contributed by atoms with Gasteiger partial charge in [-0.25, -0.2) is 8.78 Å². The number of hydrogen-bond acceptors (Lipinski definition) is 2. The number of hydrogen-bond donors (Lipinski definition) is 2. The number of alkyl halides is 6. The van der Waals surface area contributed by atoms with Crippen LogP contribution in [-0.2, 0) is 12.1 Å². The fraction of sp³-hybridized carbons (Fsp3) is 0.241. The van der Waals surface area contributed by atoms with Crippen LogP contribution in [0.25, 0.3) is 0 Å². The molecule has 0 fully saturated rings. The molecule has 3 aromatic carbocycles. The zero-order chi connectivity index (χ0) is 30.9. The van der Waals surface area contributed by atoms with Crippen molar-refractivity contribution >= 4 is 34.8 Å². The van der Waals surface area contributed by atoms with Crippen LogP contribution < -0.4 is 10.6 Å². The smallest absolute Gasteiger partial charge is 0.321 e. The number of anilines is 2. The van der Waals surface area contributed by atoms with E-state index < -0.39 is 52.1 Å². The van der Waals surface area contributed by atoms with E-state index in [9.17, 15) is 31.5 Å². The molecule has 0 heterocycles. The molecule has 41 heavy (non-hydrogen) atoms. The third-order valence-electron chi connectivity index (χ3n) is 6.40. The van der Waals surface area contributed by atoms with Crippen molar-refractivity contribution in [3.8, 4) is 0 Å². The maximum Gasteiger partial charge on any atom is 0.433 e. The molecule has 12 heteroatoms. The predicted octanol–water partition coefficient (Wildman–Crippen LogP) is 8.79. The molecule has 0 aliphatic carbocycles. The van der Waals surface area contributed by atoms with Crippen molar-refractivity contribution in [1.29, 1.82) is 0 Å². The molecule has 1 unspecified atom stereocenters. The van der Waals surface area contributed by atoms with Gasteiger partial charge in [0, 0.05) is 11.3 Å². The summed E-state index contributed by atoms with van der Waals surface area (Å²) in [7, 11) is 0. The molecule has 3 rings (SSSR count). The minimum atomic E-state index is -6.02. The summed E-state index contributed by atoms with van der Waals surface area (Å²) in [5.41, 5.74) is -9.08. The molecule has 0 saturated heterocycles. The van der Waals surface area contributed by atoms with Crippen LogP contribution in [-0.4, -0.2) is 23.9 Å². The molecule has 2 amide bonds. The maximum absolute atomic E-state index is 15.4. The summed E-state index contributed by atoms with van der Waals surface area (Å²) < 4.78 is 101. The van der Waals surface area contributed by atoms with Crippen LogP contribution in [0.15, 0.2) is 66.7 Å². The van der Waals surface area contributed by atoms with Crippen molar-refractivity contribution < 1.29 is 40.3 Å². The van der Waals surface area contributed by atoms with Gasteiger partial charge in [0.05, 0.1) is 21.8 Å². The van der Waals surface area contributed by atoms with Gasteiger partial charge < -0.3 is 10.6 Å². The van der Waals surface area contributed by atoms with E-state index in [4.69, 9.17) is 11.6 Å². The lowest BCUT2D eigenvalue weighted by atomic mass is 9.83. The minimum Gasteiger partial charge on any atom is -0.321 e. The Morgan fingerprint density at radius 3 is 2.05 bits per heavy atom. The molecule has 0 radical (unpaired) electrons. The maximum atomic E-state index is 15.4. The molecule has 0 bridgehead atoms. The number of amides is 2. The molecular formula is C29H24ClF7N2O2. The summed E-state index contributed by atoms with van der Waals surface area (Å²) in [4.78, 5) is 25.6. The molecule has 0 aliphatic rings. The Morgan fingerprint density at radius 2 is 1.49 bits per heavy atom. The van der Waals surface area contributed by atoms with Crippen LogP contribution in [0, 0.1) is 12.7 Å². The Morgan fingerprint density at radius 1 is 0.902 bits per heavy atom. The Labute approximate surface area is 236 Å². The Hall–Kier alpha value is -3.86. The number of carbonyl (C=O) groups excluding carboxylic acids is 2. The second-order valence-corrected chi connectivity index (χ2v) is 9.65. The van der Waals surface area contributed by atoms with Crippen LogP contribution >= 0.6 is 11.6 Å². The van der Waals surface area contributed by atoms with E-state index >= 15 is 8.78 Å². The highest BCUT2D eigenvalue weighted by atomic mass is 35.5. The van der Waals surface area contributed by atoms with E-state index in [1.165, 1.54) is 38.1 Å². The number of allylic oxidation sites excluding steroid dienone is 1. The van der Waals surface area contributed by atoms with Crippen molar-refractivity contribution in [1.82, 2.24) is 0 Å². The van der Waals surface area contributed by atoms with Gasteiger partial charge in [0.15, 0.2) is 5.82 Å². The third-order valence-corrected chi connectivity index (χ3v) is 6.73. The topological polar surface area (TPSA) is 58.2 Å². The molecule has 218 valence electrons. The summed E-state index contributed by atoms with van der Waals surface area (Å²) >= 11 is 5.99. The van der Waals surface area contributed by atoms with Crippen molar-refractivity contribution in [2.45, 2.75) is 45.0 Å². The largest absolute Gasteiger partial charge is 0.433 e. The number of benzene rings is 3. The number of rotatable bonds is 8. The highest BCUT2D eigenvalue weighted by molar-refractivity contribution is 6.34. The molecular weight excluding hydrogens is 577 g/mol. The third kappa shape index (κ3) is 5.81. The van der Waals surface area contributed by atoms with Crippen LogP contribution in [0.5, 0.6) is 0 Å². The number of aryl methyl sites for hydroxylation is 2. The molecule has 1 atom stereocenters. The van der Waals surface area contributed by atoms with E-state index in [0.717, 1.165) is 6.07 Å². The molecule has 4 nitrogen and oxygen atoms in total. The lowest BCUT2D eigenvalue weighted by Crippen LogP contribution is -2.53.